The van der Waals surface area contributed by atoms with Gasteiger partial charge in [-0.2, -0.15) is 5.10 Å². The zero-order chi connectivity index (χ0) is 13.8. The van der Waals surface area contributed by atoms with Gasteiger partial charge in [0.1, 0.15) is 18.0 Å². The molecule has 0 amide bonds. The van der Waals surface area contributed by atoms with Gasteiger partial charge in [0.2, 0.25) is 0 Å². The van der Waals surface area contributed by atoms with Gasteiger partial charge in [-0.15, -0.1) is 0 Å². The quantitative estimate of drug-likeness (QED) is 0.857. The Labute approximate surface area is 113 Å². The topological polar surface area (TPSA) is 67.7 Å². The number of hydrogen-bond acceptors (Lipinski definition) is 5. The van der Waals surface area contributed by atoms with Crippen molar-refractivity contribution in [3.63, 3.8) is 0 Å². The van der Waals surface area contributed by atoms with E-state index in [0.29, 0.717) is 6.54 Å². The summed E-state index contributed by atoms with van der Waals surface area (Å²) >= 11 is 0. The smallest absolute Gasteiger partial charge is 0.134 e. The zero-order valence-corrected chi connectivity index (χ0v) is 11.9. The molecule has 6 heteroatoms. The van der Waals surface area contributed by atoms with Crippen LogP contribution in [0.5, 0.6) is 0 Å². The third-order valence-corrected chi connectivity index (χ3v) is 3.32. The van der Waals surface area contributed by atoms with Gasteiger partial charge in [-0.05, 0) is 13.3 Å². The van der Waals surface area contributed by atoms with Crippen LogP contribution in [0.1, 0.15) is 23.7 Å². The van der Waals surface area contributed by atoms with E-state index in [1.807, 2.05) is 25.0 Å². The summed E-state index contributed by atoms with van der Waals surface area (Å²) in [6.45, 7) is 4.87. The monoisotopic (exact) mass is 260 g/mol. The average Bonchev–Trinajstić information content (AvgIpc) is 2.76. The molecular formula is C13H20N6. The Kier molecular flexibility index (Phi) is 3.99. The fourth-order valence-corrected chi connectivity index (χ4v) is 2.01. The molecule has 0 atom stereocenters. The third kappa shape index (κ3) is 2.67. The van der Waals surface area contributed by atoms with Crippen LogP contribution in [-0.2, 0) is 20.0 Å². The van der Waals surface area contributed by atoms with E-state index in [2.05, 4.69) is 39.5 Å². The highest BCUT2D eigenvalue weighted by Gasteiger charge is 2.09. The molecule has 2 aromatic rings. The van der Waals surface area contributed by atoms with E-state index in [4.69, 9.17) is 0 Å². The molecular weight excluding hydrogens is 240 g/mol. The van der Waals surface area contributed by atoms with Crippen molar-refractivity contribution in [3.05, 3.63) is 29.3 Å². The number of anilines is 2. The molecule has 0 saturated carbocycles. The van der Waals surface area contributed by atoms with Gasteiger partial charge in [-0.3, -0.25) is 4.68 Å². The van der Waals surface area contributed by atoms with Crippen LogP contribution in [0.3, 0.4) is 0 Å². The second-order valence-electron chi connectivity index (χ2n) is 4.39. The number of aryl methyl sites for hydroxylation is 1. The van der Waals surface area contributed by atoms with E-state index >= 15 is 0 Å². The number of aromatic nitrogens is 4. The Balaban J connectivity index is 2.17. The molecule has 0 fully saturated rings. The minimum Gasteiger partial charge on any atom is -0.373 e. The zero-order valence-electron chi connectivity index (χ0n) is 11.9. The van der Waals surface area contributed by atoms with Crippen molar-refractivity contribution < 1.29 is 0 Å². The van der Waals surface area contributed by atoms with E-state index in [1.165, 1.54) is 5.56 Å². The molecule has 0 bridgehead atoms. The lowest BCUT2D eigenvalue weighted by molar-refractivity contribution is 0.738. The molecule has 0 saturated heterocycles. The summed E-state index contributed by atoms with van der Waals surface area (Å²) in [7, 11) is 3.82. The molecule has 0 spiro atoms. The average molecular weight is 260 g/mol. The van der Waals surface area contributed by atoms with Gasteiger partial charge in [0.25, 0.3) is 0 Å². The summed E-state index contributed by atoms with van der Waals surface area (Å²) in [5.74, 6) is 1.76. The molecule has 0 aliphatic carbocycles. The van der Waals surface area contributed by atoms with E-state index in [-0.39, 0.29) is 0 Å². The fraction of sp³-hybridized carbons (Fsp3) is 0.462. The van der Waals surface area contributed by atoms with Gasteiger partial charge in [0.05, 0.1) is 6.20 Å². The summed E-state index contributed by atoms with van der Waals surface area (Å²) in [5.41, 5.74) is 3.44. The molecule has 19 heavy (non-hydrogen) atoms. The van der Waals surface area contributed by atoms with E-state index in [0.717, 1.165) is 29.3 Å². The number of rotatable bonds is 5. The lowest BCUT2D eigenvalue weighted by atomic mass is 10.2. The van der Waals surface area contributed by atoms with Gasteiger partial charge in [0.15, 0.2) is 0 Å². The predicted molar refractivity (Wildman–Crippen MR) is 76.2 cm³/mol. The molecule has 2 aromatic heterocycles. The first-order valence-corrected chi connectivity index (χ1v) is 6.40. The highest BCUT2D eigenvalue weighted by Crippen LogP contribution is 2.20. The molecule has 0 radical (unpaired) electrons. The number of hydrogen-bond donors (Lipinski definition) is 2. The van der Waals surface area contributed by atoms with Crippen LogP contribution in [0.2, 0.25) is 0 Å². The molecule has 2 heterocycles. The maximum Gasteiger partial charge on any atom is 0.134 e. The van der Waals surface area contributed by atoms with Crippen molar-refractivity contribution >= 4 is 11.6 Å². The van der Waals surface area contributed by atoms with Gasteiger partial charge < -0.3 is 10.6 Å². The highest BCUT2D eigenvalue weighted by atomic mass is 15.3. The first-order chi connectivity index (χ1) is 9.17. The first-order valence-electron chi connectivity index (χ1n) is 6.40. The summed E-state index contributed by atoms with van der Waals surface area (Å²) in [6.07, 6.45) is 4.34. The Morgan fingerprint density at radius 3 is 2.58 bits per heavy atom. The van der Waals surface area contributed by atoms with Crippen LogP contribution < -0.4 is 10.6 Å². The normalized spacial score (nSPS) is 10.5. The molecule has 6 nitrogen and oxygen atoms in total. The van der Waals surface area contributed by atoms with Gasteiger partial charge >= 0.3 is 0 Å². The van der Waals surface area contributed by atoms with Crippen molar-refractivity contribution in [1.29, 1.82) is 0 Å². The Bertz CT molecular complexity index is 560. The second-order valence-corrected chi connectivity index (χ2v) is 4.39. The SMILES string of the molecule is CCc1c(NC)ncnc1NCc1cnn(C)c1C. The van der Waals surface area contributed by atoms with Crippen LogP contribution in [0.25, 0.3) is 0 Å². The van der Waals surface area contributed by atoms with Gasteiger partial charge in [-0.25, -0.2) is 9.97 Å². The maximum absolute atomic E-state index is 4.32. The van der Waals surface area contributed by atoms with E-state index in [1.54, 1.807) is 6.33 Å². The Morgan fingerprint density at radius 1 is 1.26 bits per heavy atom. The standard InChI is InChI=1S/C13H20N6/c1-5-11-12(14-3)16-8-17-13(11)15-6-10-7-18-19(4)9(10)2/h7-8H,5-6H2,1-4H3,(H2,14,15,16,17). The van der Waals surface area contributed by atoms with Crippen molar-refractivity contribution in [2.24, 2.45) is 7.05 Å². The molecule has 2 rings (SSSR count). The molecule has 0 unspecified atom stereocenters. The summed E-state index contributed by atoms with van der Waals surface area (Å²) < 4.78 is 1.87. The summed E-state index contributed by atoms with van der Waals surface area (Å²) in [6, 6.07) is 0. The lowest BCUT2D eigenvalue weighted by Gasteiger charge is -2.12. The fourth-order valence-electron chi connectivity index (χ4n) is 2.01. The number of nitrogens with zero attached hydrogens (tertiary/aromatic N) is 4. The first kappa shape index (κ1) is 13.3. The van der Waals surface area contributed by atoms with Gasteiger partial charge in [-0.1, -0.05) is 6.92 Å². The van der Waals surface area contributed by atoms with Gasteiger partial charge in [0, 0.05) is 37.5 Å². The molecule has 0 aliphatic rings. The minimum atomic E-state index is 0.715. The predicted octanol–water partition coefficient (Wildman–Crippen LogP) is 1.73. The van der Waals surface area contributed by atoms with Crippen molar-refractivity contribution in [2.45, 2.75) is 26.8 Å². The molecule has 0 aromatic carbocycles. The van der Waals surface area contributed by atoms with Crippen molar-refractivity contribution in [1.82, 2.24) is 19.7 Å². The lowest BCUT2D eigenvalue weighted by Crippen LogP contribution is -2.08. The molecule has 2 N–H and O–H groups in total. The summed E-state index contributed by atoms with van der Waals surface area (Å²) in [4.78, 5) is 8.55. The largest absolute Gasteiger partial charge is 0.373 e. The maximum atomic E-state index is 4.32. The summed E-state index contributed by atoms with van der Waals surface area (Å²) in [5, 5.41) is 10.7. The van der Waals surface area contributed by atoms with Crippen molar-refractivity contribution in [2.75, 3.05) is 17.7 Å². The Hall–Kier alpha value is -2.11. The van der Waals surface area contributed by atoms with Crippen LogP contribution in [0, 0.1) is 6.92 Å². The second kappa shape index (κ2) is 5.69. The molecule has 102 valence electrons. The molecule has 0 aliphatic heterocycles. The number of nitrogens with one attached hydrogen (secondary N) is 2. The van der Waals surface area contributed by atoms with E-state index in [9.17, 15) is 0 Å². The van der Waals surface area contributed by atoms with Crippen LogP contribution in [0.15, 0.2) is 12.5 Å². The van der Waals surface area contributed by atoms with E-state index < -0.39 is 0 Å². The van der Waals surface area contributed by atoms with Crippen LogP contribution in [0.4, 0.5) is 11.6 Å². The van der Waals surface area contributed by atoms with Crippen LogP contribution in [-0.4, -0.2) is 26.8 Å². The highest BCUT2D eigenvalue weighted by molar-refractivity contribution is 5.57. The van der Waals surface area contributed by atoms with Crippen molar-refractivity contribution in [3.8, 4) is 0 Å². The third-order valence-electron chi connectivity index (χ3n) is 3.32. The van der Waals surface area contributed by atoms with Crippen LogP contribution >= 0.6 is 0 Å². The Morgan fingerprint density at radius 2 is 2.00 bits per heavy atom. The minimum absolute atomic E-state index is 0.715.